The van der Waals surface area contributed by atoms with E-state index in [9.17, 15) is 14.4 Å². The van der Waals surface area contributed by atoms with Crippen LogP contribution in [0, 0.1) is 5.92 Å². The Hall–Kier alpha value is -2.89. The van der Waals surface area contributed by atoms with E-state index in [2.05, 4.69) is 19.2 Å². The number of hydrogen-bond acceptors (Lipinski definition) is 5. The summed E-state index contributed by atoms with van der Waals surface area (Å²) in [5, 5.41) is 2.83. The largest absolute Gasteiger partial charge is 0.469 e. The lowest BCUT2D eigenvalue weighted by molar-refractivity contribution is -0.139. The van der Waals surface area contributed by atoms with Gasteiger partial charge in [-0.05, 0) is 41.5 Å². The number of amides is 1. The van der Waals surface area contributed by atoms with Gasteiger partial charge in [0.1, 0.15) is 0 Å². The molecule has 0 aromatic carbocycles. The minimum atomic E-state index is -0.480. The molecule has 2 aliphatic carbocycles. The average molecular weight is 385 g/mol. The SMILES string of the molecule is CCOC(=O)c1c2ccc(CC(=O)OC)ccc-2c(CC(C)C)c1NC(C)=O. The summed E-state index contributed by atoms with van der Waals surface area (Å²) in [7, 11) is 1.35. The number of hydrogen-bond donors (Lipinski definition) is 1. The van der Waals surface area contributed by atoms with E-state index in [0.29, 0.717) is 29.2 Å². The highest BCUT2D eigenvalue weighted by atomic mass is 16.5. The summed E-state index contributed by atoms with van der Waals surface area (Å²) in [6.07, 6.45) is 0.822. The standard InChI is InChI=1S/C22H27NO5/c1-6-28-22(26)20-17-10-8-15(12-19(25)27-5)7-9-16(17)18(11-13(2)3)21(20)23-14(4)24/h7-10,13H,6,11-12H2,1-5H3,(H,23,24). The summed E-state index contributed by atoms with van der Waals surface area (Å²) in [6, 6.07) is 7.32. The second-order valence-corrected chi connectivity index (χ2v) is 7.05. The first kappa shape index (κ1) is 21.4. The molecule has 0 aromatic rings. The van der Waals surface area contributed by atoms with Crippen molar-refractivity contribution in [3.05, 3.63) is 41.0 Å². The molecular formula is C22H27NO5. The van der Waals surface area contributed by atoms with Crippen LogP contribution in [0.3, 0.4) is 0 Å². The molecule has 0 atom stereocenters. The first-order valence-electron chi connectivity index (χ1n) is 9.37. The van der Waals surface area contributed by atoms with Crippen LogP contribution in [-0.4, -0.2) is 31.6 Å². The van der Waals surface area contributed by atoms with Crippen molar-refractivity contribution in [3.8, 4) is 11.1 Å². The zero-order valence-electron chi connectivity index (χ0n) is 17.0. The molecule has 150 valence electrons. The zero-order chi connectivity index (χ0) is 20.8. The molecule has 0 radical (unpaired) electrons. The molecule has 0 saturated carbocycles. The van der Waals surface area contributed by atoms with Gasteiger partial charge in [0.05, 0.1) is 31.4 Å². The van der Waals surface area contributed by atoms with Crippen molar-refractivity contribution in [2.45, 2.75) is 40.5 Å². The molecule has 0 saturated heterocycles. The van der Waals surface area contributed by atoms with Gasteiger partial charge in [-0.3, -0.25) is 9.59 Å². The van der Waals surface area contributed by atoms with Gasteiger partial charge in [0.25, 0.3) is 0 Å². The van der Waals surface area contributed by atoms with Crippen LogP contribution in [0.25, 0.3) is 11.1 Å². The van der Waals surface area contributed by atoms with Crippen LogP contribution in [0.1, 0.15) is 49.2 Å². The highest BCUT2D eigenvalue weighted by Crippen LogP contribution is 2.42. The van der Waals surface area contributed by atoms with Crippen molar-refractivity contribution in [1.29, 1.82) is 0 Å². The van der Waals surface area contributed by atoms with Crippen LogP contribution >= 0.6 is 0 Å². The maximum atomic E-state index is 12.7. The molecule has 2 rings (SSSR count). The molecule has 1 N–H and O–H groups in total. The van der Waals surface area contributed by atoms with Crippen LogP contribution < -0.4 is 5.32 Å². The van der Waals surface area contributed by atoms with Gasteiger partial charge in [0.2, 0.25) is 5.91 Å². The summed E-state index contributed by atoms with van der Waals surface area (Å²) in [5.74, 6) is -0.750. The van der Waals surface area contributed by atoms with Crippen LogP contribution in [0.5, 0.6) is 0 Å². The number of carbonyl (C=O) groups excluding carboxylic acids is 3. The molecule has 0 fully saturated rings. The Bertz CT molecular complexity index is 856. The maximum Gasteiger partial charge on any atom is 0.340 e. The fourth-order valence-electron chi connectivity index (χ4n) is 3.22. The number of fused-ring (bicyclic) bond motifs is 1. The smallest absolute Gasteiger partial charge is 0.340 e. The second-order valence-electron chi connectivity index (χ2n) is 7.05. The molecule has 0 aliphatic heterocycles. The molecule has 6 nitrogen and oxygen atoms in total. The van der Waals surface area contributed by atoms with Crippen molar-refractivity contribution < 1.29 is 23.9 Å². The molecule has 0 heterocycles. The molecule has 0 bridgehead atoms. The van der Waals surface area contributed by atoms with Gasteiger partial charge in [0.15, 0.2) is 0 Å². The van der Waals surface area contributed by atoms with Gasteiger partial charge in [-0.25, -0.2) is 4.79 Å². The highest BCUT2D eigenvalue weighted by molar-refractivity contribution is 6.10. The van der Waals surface area contributed by atoms with Crippen molar-refractivity contribution in [3.63, 3.8) is 0 Å². The minimum absolute atomic E-state index is 0.139. The van der Waals surface area contributed by atoms with E-state index in [4.69, 9.17) is 9.47 Å². The highest BCUT2D eigenvalue weighted by Gasteiger charge is 2.28. The molecular weight excluding hydrogens is 358 g/mol. The summed E-state index contributed by atoms with van der Waals surface area (Å²) >= 11 is 0. The summed E-state index contributed by atoms with van der Waals surface area (Å²) < 4.78 is 9.99. The van der Waals surface area contributed by atoms with Crippen LogP contribution in [-0.2, 0) is 31.9 Å². The monoisotopic (exact) mass is 385 g/mol. The van der Waals surface area contributed by atoms with Crippen molar-refractivity contribution in [1.82, 2.24) is 0 Å². The topological polar surface area (TPSA) is 81.7 Å². The van der Waals surface area contributed by atoms with Crippen molar-refractivity contribution in [2.75, 3.05) is 19.0 Å². The molecule has 28 heavy (non-hydrogen) atoms. The normalized spacial score (nSPS) is 10.8. The predicted molar refractivity (Wildman–Crippen MR) is 108 cm³/mol. The Balaban J connectivity index is 2.73. The third kappa shape index (κ3) is 4.88. The summed E-state index contributed by atoms with van der Waals surface area (Å²) in [6.45, 7) is 7.54. The molecule has 6 heteroatoms. The van der Waals surface area contributed by atoms with E-state index >= 15 is 0 Å². The third-order valence-corrected chi connectivity index (χ3v) is 4.33. The number of methoxy groups -OCH3 is 1. The van der Waals surface area contributed by atoms with E-state index in [-0.39, 0.29) is 24.9 Å². The third-order valence-electron chi connectivity index (χ3n) is 4.33. The van der Waals surface area contributed by atoms with Crippen LogP contribution in [0.15, 0.2) is 24.3 Å². The van der Waals surface area contributed by atoms with E-state index < -0.39 is 5.97 Å². The number of ether oxygens (including phenoxy) is 2. The Morgan fingerprint density at radius 1 is 1.07 bits per heavy atom. The number of rotatable bonds is 7. The summed E-state index contributed by atoms with van der Waals surface area (Å²) in [5.41, 5.74) is 4.07. The Morgan fingerprint density at radius 2 is 1.71 bits per heavy atom. The summed E-state index contributed by atoms with van der Waals surface area (Å²) in [4.78, 5) is 36.2. The molecule has 1 amide bonds. The quantitative estimate of drug-likeness (QED) is 0.732. The van der Waals surface area contributed by atoms with Gasteiger partial charge in [-0.15, -0.1) is 0 Å². The minimum Gasteiger partial charge on any atom is -0.469 e. The van der Waals surface area contributed by atoms with E-state index in [1.165, 1.54) is 14.0 Å². The van der Waals surface area contributed by atoms with Gasteiger partial charge in [-0.1, -0.05) is 38.1 Å². The second kappa shape index (κ2) is 9.35. The number of nitrogens with one attached hydrogen (secondary N) is 1. The lowest BCUT2D eigenvalue weighted by atomic mass is 10.00. The van der Waals surface area contributed by atoms with E-state index in [0.717, 1.165) is 16.7 Å². The van der Waals surface area contributed by atoms with Crippen LogP contribution in [0.2, 0.25) is 0 Å². The Morgan fingerprint density at radius 3 is 2.25 bits per heavy atom. The fraction of sp³-hybridized carbons (Fsp3) is 0.409. The first-order valence-corrected chi connectivity index (χ1v) is 9.37. The molecule has 0 aromatic heterocycles. The average Bonchev–Trinajstić information content (AvgIpc) is 2.75. The maximum absolute atomic E-state index is 12.7. The predicted octanol–water partition coefficient (Wildman–Crippen LogP) is 3.84. The Kier molecular flexibility index (Phi) is 7.15. The van der Waals surface area contributed by atoms with Crippen molar-refractivity contribution >= 4 is 23.5 Å². The van der Waals surface area contributed by atoms with Gasteiger partial charge >= 0.3 is 11.9 Å². The lowest BCUT2D eigenvalue weighted by Gasteiger charge is -2.10. The van der Waals surface area contributed by atoms with Gasteiger partial charge in [-0.2, -0.15) is 0 Å². The lowest BCUT2D eigenvalue weighted by Crippen LogP contribution is -2.13. The zero-order valence-corrected chi connectivity index (χ0v) is 17.0. The van der Waals surface area contributed by atoms with Crippen molar-refractivity contribution in [2.24, 2.45) is 5.92 Å². The number of esters is 2. The Labute approximate surface area is 165 Å². The first-order chi connectivity index (χ1) is 13.3. The number of carbonyl (C=O) groups is 3. The van der Waals surface area contributed by atoms with Gasteiger partial charge in [0, 0.05) is 6.92 Å². The molecule has 2 aliphatic rings. The molecule has 0 spiro atoms. The number of anilines is 1. The van der Waals surface area contributed by atoms with E-state index in [1.54, 1.807) is 19.1 Å². The van der Waals surface area contributed by atoms with Gasteiger partial charge < -0.3 is 14.8 Å². The fourth-order valence-corrected chi connectivity index (χ4v) is 3.22. The molecule has 0 unspecified atom stereocenters. The van der Waals surface area contributed by atoms with Crippen LogP contribution in [0.4, 0.5) is 5.69 Å². The van der Waals surface area contributed by atoms with E-state index in [1.807, 2.05) is 12.1 Å².